The van der Waals surface area contributed by atoms with Gasteiger partial charge in [0.1, 0.15) is 5.75 Å². The van der Waals surface area contributed by atoms with Crippen molar-refractivity contribution in [3.05, 3.63) is 29.8 Å². The minimum atomic E-state index is 0.230. The zero-order chi connectivity index (χ0) is 14.6. The fourth-order valence-corrected chi connectivity index (χ4v) is 3.00. The Hall–Kier alpha value is -1.06. The predicted molar refractivity (Wildman–Crippen MR) is 84.2 cm³/mol. The SMILES string of the molecule is CCC1CNC(C)(CC)CN1Cc1ccccc1OC. The number of piperazine rings is 1. The first kappa shape index (κ1) is 15.3. The molecule has 1 aromatic rings. The summed E-state index contributed by atoms with van der Waals surface area (Å²) in [5, 5.41) is 3.72. The Morgan fingerprint density at radius 2 is 2.10 bits per heavy atom. The molecule has 1 heterocycles. The van der Waals surface area contributed by atoms with E-state index in [2.05, 4.69) is 49.2 Å². The van der Waals surface area contributed by atoms with Crippen LogP contribution < -0.4 is 10.1 Å². The maximum atomic E-state index is 5.49. The van der Waals surface area contributed by atoms with Gasteiger partial charge in [0.25, 0.3) is 0 Å². The third kappa shape index (κ3) is 3.33. The van der Waals surface area contributed by atoms with Gasteiger partial charge in [-0.05, 0) is 25.8 Å². The van der Waals surface area contributed by atoms with E-state index in [-0.39, 0.29) is 5.54 Å². The van der Waals surface area contributed by atoms with E-state index in [0.717, 1.165) is 31.8 Å². The summed E-state index contributed by atoms with van der Waals surface area (Å²) in [5.41, 5.74) is 1.52. The van der Waals surface area contributed by atoms with Crippen LogP contribution in [0.15, 0.2) is 24.3 Å². The standard InChI is InChI=1S/C17H28N2O/c1-5-15-11-18-17(3,6-2)13-19(15)12-14-9-7-8-10-16(14)20-4/h7-10,15,18H,5-6,11-13H2,1-4H3. The highest BCUT2D eigenvalue weighted by atomic mass is 16.5. The number of hydrogen-bond donors (Lipinski definition) is 1. The van der Waals surface area contributed by atoms with Gasteiger partial charge in [0.2, 0.25) is 0 Å². The molecule has 0 saturated carbocycles. The molecule has 1 fully saturated rings. The maximum Gasteiger partial charge on any atom is 0.123 e. The Kier molecular flexibility index (Phi) is 5.06. The Labute approximate surface area is 123 Å². The third-order valence-corrected chi connectivity index (χ3v) is 4.65. The van der Waals surface area contributed by atoms with Crippen molar-refractivity contribution in [1.29, 1.82) is 0 Å². The van der Waals surface area contributed by atoms with E-state index < -0.39 is 0 Å². The summed E-state index contributed by atoms with van der Waals surface area (Å²) in [6, 6.07) is 8.97. The van der Waals surface area contributed by atoms with Crippen molar-refractivity contribution in [3.63, 3.8) is 0 Å². The van der Waals surface area contributed by atoms with E-state index in [1.807, 2.05) is 6.07 Å². The largest absolute Gasteiger partial charge is 0.496 e. The van der Waals surface area contributed by atoms with Crippen molar-refractivity contribution in [2.75, 3.05) is 20.2 Å². The molecule has 1 saturated heterocycles. The molecular formula is C17H28N2O. The van der Waals surface area contributed by atoms with Crippen LogP contribution in [0.4, 0.5) is 0 Å². The van der Waals surface area contributed by atoms with Crippen molar-refractivity contribution in [1.82, 2.24) is 10.2 Å². The summed E-state index contributed by atoms with van der Waals surface area (Å²) in [6.45, 7) is 10.0. The molecule has 112 valence electrons. The molecule has 1 aromatic carbocycles. The van der Waals surface area contributed by atoms with Crippen molar-refractivity contribution in [3.8, 4) is 5.75 Å². The molecule has 0 spiro atoms. The van der Waals surface area contributed by atoms with E-state index in [4.69, 9.17) is 4.74 Å². The molecule has 20 heavy (non-hydrogen) atoms. The van der Waals surface area contributed by atoms with E-state index in [1.54, 1.807) is 7.11 Å². The van der Waals surface area contributed by atoms with Crippen molar-refractivity contribution >= 4 is 0 Å². The van der Waals surface area contributed by atoms with Crippen LogP contribution in [0, 0.1) is 0 Å². The molecular weight excluding hydrogens is 248 g/mol. The number of rotatable bonds is 5. The predicted octanol–water partition coefficient (Wildman–Crippen LogP) is 3.05. The quantitative estimate of drug-likeness (QED) is 0.894. The fourth-order valence-electron chi connectivity index (χ4n) is 3.00. The highest BCUT2D eigenvalue weighted by molar-refractivity contribution is 5.33. The fraction of sp³-hybridized carbons (Fsp3) is 0.647. The highest BCUT2D eigenvalue weighted by Gasteiger charge is 2.33. The number of benzene rings is 1. The number of para-hydroxylation sites is 1. The second kappa shape index (κ2) is 6.59. The number of ether oxygens (including phenoxy) is 1. The Morgan fingerprint density at radius 1 is 1.35 bits per heavy atom. The van der Waals surface area contributed by atoms with Gasteiger partial charge < -0.3 is 10.1 Å². The van der Waals surface area contributed by atoms with Gasteiger partial charge in [0.15, 0.2) is 0 Å². The molecule has 0 amide bonds. The van der Waals surface area contributed by atoms with Gasteiger partial charge in [-0.1, -0.05) is 32.0 Å². The van der Waals surface area contributed by atoms with Crippen LogP contribution >= 0.6 is 0 Å². The monoisotopic (exact) mass is 276 g/mol. The molecule has 2 atom stereocenters. The Bertz CT molecular complexity index is 435. The summed E-state index contributed by atoms with van der Waals surface area (Å²) >= 11 is 0. The average Bonchev–Trinajstić information content (AvgIpc) is 2.48. The first-order valence-corrected chi connectivity index (χ1v) is 7.73. The van der Waals surface area contributed by atoms with Crippen LogP contribution in [0.5, 0.6) is 5.75 Å². The first-order chi connectivity index (χ1) is 9.61. The van der Waals surface area contributed by atoms with E-state index in [1.165, 1.54) is 12.0 Å². The number of methoxy groups -OCH3 is 1. The molecule has 0 radical (unpaired) electrons. The third-order valence-electron chi connectivity index (χ3n) is 4.65. The number of nitrogens with zero attached hydrogens (tertiary/aromatic N) is 1. The molecule has 0 bridgehead atoms. The molecule has 0 aromatic heterocycles. The van der Waals surface area contributed by atoms with Gasteiger partial charge in [-0.15, -0.1) is 0 Å². The van der Waals surface area contributed by atoms with E-state index in [9.17, 15) is 0 Å². The number of hydrogen-bond acceptors (Lipinski definition) is 3. The maximum absolute atomic E-state index is 5.49. The van der Waals surface area contributed by atoms with E-state index in [0.29, 0.717) is 6.04 Å². The second-order valence-corrected chi connectivity index (χ2v) is 6.07. The van der Waals surface area contributed by atoms with Crippen molar-refractivity contribution < 1.29 is 4.74 Å². The lowest BCUT2D eigenvalue weighted by atomic mass is 9.92. The zero-order valence-electron chi connectivity index (χ0n) is 13.3. The van der Waals surface area contributed by atoms with Gasteiger partial charge in [-0.25, -0.2) is 0 Å². The summed E-state index contributed by atoms with van der Waals surface area (Å²) in [7, 11) is 1.75. The number of nitrogens with one attached hydrogen (secondary N) is 1. The molecule has 0 aliphatic carbocycles. The minimum Gasteiger partial charge on any atom is -0.496 e. The summed E-state index contributed by atoms with van der Waals surface area (Å²) in [4.78, 5) is 2.61. The smallest absolute Gasteiger partial charge is 0.123 e. The molecule has 1 aliphatic rings. The van der Waals surface area contributed by atoms with Gasteiger partial charge in [0.05, 0.1) is 7.11 Å². The topological polar surface area (TPSA) is 24.5 Å². The second-order valence-electron chi connectivity index (χ2n) is 6.07. The van der Waals surface area contributed by atoms with Crippen LogP contribution in [0.3, 0.4) is 0 Å². The first-order valence-electron chi connectivity index (χ1n) is 7.73. The summed E-state index contributed by atoms with van der Waals surface area (Å²) in [6.07, 6.45) is 2.34. The average molecular weight is 276 g/mol. The lowest BCUT2D eigenvalue weighted by Crippen LogP contribution is -2.62. The molecule has 2 unspecified atom stereocenters. The minimum absolute atomic E-state index is 0.230. The molecule has 3 heteroatoms. The van der Waals surface area contributed by atoms with Crippen LogP contribution in [0.25, 0.3) is 0 Å². The molecule has 1 aliphatic heterocycles. The van der Waals surface area contributed by atoms with Gasteiger partial charge >= 0.3 is 0 Å². The summed E-state index contributed by atoms with van der Waals surface area (Å²) < 4.78 is 5.49. The van der Waals surface area contributed by atoms with Crippen LogP contribution in [-0.2, 0) is 6.54 Å². The van der Waals surface area contributed by atoms with E-state index >= 15 is 0 Å². The normalized spacial score (nSPS) is 27.5. The van der Waals surface area contributed by atoms with Crippen LogP contribution in [-0.4, -0.2) is 36.7 Å². The lowest BCUT2D eigenvalue weighted by Gasteiger charge is -2.46. The Morgan fingerprint density at radius 3 is 2.75 bits per heavy atom. The molecule has 1 N–H and O–H groups in total. The highest BCUT2D eigenvalue weighted by Crippen LogP contribution is 2.25. The van der Waals surface area contributed by atoms with Crippen LogP contribution in [0.1, 0.15) is 39.2 Å². The van der Waals surface area contributed by atoms with Gasteiger partial charge in [0, 0.05) is 36.8 Å². The van der Waals surface area contributed by atoms with Crippen LogP contribution in [0.2, 0.25) is 0 Å². The molecule has 3 nitrogen and oxygen atoms in total. The van der Waals surface area contributed by atoms with Gasteiger partial charge in [-0.3, -0.25) is 4.90 Å². The van der Waals surface area contributed by atoms with Crippen molar-refractivity contribution in [2.24, 2.45) is 0 Å². The Balaban J connectivity index is 2.15. The van der Waals surface area contributed by atoms with Gasteiger partial charge in [-0.2, -0.15) is 0 Å². The van der Waals surface area contributed by atoms with Crippen molar-refractivity contribution in [2.45, 2.75) is 51.7 Å². The lowest BCUT2D eigenvalue weighted by molar-refractivity contribution is 0.0748. The molecule has 2 rings (SSSR count). The summed E-state index contributed by atoms with van der Waals surface area (Å²) in [5.74, 6) is 0.999. The zero-order valence-corrected chi connectivity index (χ0v) is 13.3.